The van der Waals surface area contributed by atoms with Crippen LogP contribution in [0.15, 0.2) is 48.5 Å². The van der Waals surface area contributed by atoms with Crippen molar-refractivity contribution in [1.82, 2.24) is 4.90 Å². The number of likely N-dealkylation sites (tertiary alicyclic amines) is 1. The largest absolute Gasteiger partial charge is 0.489 e. The number of nitrogens with zero attached hydrogens (tertiary/aromatic N) is 1. The molecule has 2 aliphatic heterocycles. The Morgan fingerprint density at radius 3 is 2.82 bits per heavy atom. The first-order valence-electron chi connectivity index (χ1n) is 7.52. The average molecular weight is 295 g/mol. The summed E-state index contributed by atoms with van der Waals surface area (Å²) in [6.07, 6.45) is 1.14. The summed E-state index contributed by atoms with van der Waals surface area (Å²) in [6, 6.07) is 16.0. The molecule has 0 radical (unpaired) electrons. The lowest BCUT2D eigenvalue weighted by Crippen LogP contribution is -2.23. The van der Waals surface area contributed by atoms with Crippen molar-refractivity contribution in [2.24, 2.45) is 0 Å². The lowest BCUT2D eigenvalue weighted by molar-refractivity contribution is 0.0695. The minimum atomic E-state index is -0.912. The molecule has 4 rings (SSSR count). The number of ether oxygens (including phenoxy) is 1. The normalized spacial score (nSPS) is 22.9. The van der Waals surface area contributed by atoms with Gasteiger partial charge in [0, 0.05) is 31.1 Å². The standard InChI is InChI=1S/C18H17NO3/c20-18(21)13-6-7-15-16-9-14(22-17(15)8-13)11-19(16)10-12-4-2-1-3-5-12/h1-8,14,16H,9-11H2,(H,20,21)/t14-,16-/m1/s1. The molecule has 4 nitrogen and oxygen atoms in total. The molecule has 1 fully saturated rings. The van der Waals surface area contributed by atoms with Crippen molar-refractivity contribution < 1.29 is 14.6 Å². The number of carbonyl (C=O) groups is 1. The van der Waals surface area contributed by atoms with Gasteiger partial charge < -0.3 is 9.84 Å². The van der Waals surface area contributed by atoms with Crippen LogP contribution in [-0.4, -0.2) is 28.6 Å². The molecule has 0 amide bonds. The molecule has 2 bridgehead atoms. The number of rotatable bonds is 3. The zero-order chi connectivity index (χ0) is 15.1. The highest BCUT2D eigenvalue weighted by Crippen LogP contribution is 2.44. The molecule has 2 aromatic carbocycles. The molecule has 0 unspecified atom stereocenters. The maximum absolute atomic E-state index is 11.1. The van der Waals surface area contributed by atoms with Gasteiger partial charge in [-0.25, -0.2) is 4.79 Å². The maximum Gasteiger partial charge on any atom is 0.335 e. The molecule has 1 N–H and O–H groups in total. The minimum Gasteiger partial charge on any atom is -0.489 e. The molecular weight excluding hydrogens is 278 g/mol. The summed E-state index contributed by atoms with van der Waals surface area (Å²) in [4.78, 5) is 13.5. The average Bonchev–Trinajstić information content (AvgIpc) is 2.84. The quantitative estimate of drug-likeness (QED) is 0.945. The van der Waals surface area contributed by atoms with Gasteiger partial charge in [-0.2, -0.15) is 0 Å². The summed E-state index contributed by atoms with van der Waals surface area (Å²) >= 11 is 0. The first-order chi connectivity index (χ1) is 10.7. The first kappa shape index (κ1) is 13.3. The van der Waals surface area contributed by atoms with Crippen LogP contribution in [0.2, 0.25) is 0 Å². The Kier molecular flexibility index (Phi) is 3.12. The van der Waals surface area contributed by atoms with Gasteiger partial charge in [0.05, 0.1) is 5.56 Å². The molecule has 0 spiro atoms. The van der Waals surface area contributed by atoms with E-state index in [2.05, 4.69) is 29.2 Å². The van der Waals surface area contributed by atoms with Crippen molar-refractivity contribution >= 4 is 5.97 Å². The number of hydrogen-bond donors (Lipinski definition) is 1. The van der Waals surface area contributed by atoms with Gasteiger partial charge in [0.25, 0.3) is 0 Å². The molecule has 0 aliphatic carbocycles. The molecule has 112 valence electrons. The van der Waals surface area contributed by atoms with E-state index in [0.717, 1.165) is 30.8 Å². The topological polar surface area (TPSA) is 49.8 Å². The fraction of sp³-hybridized carbons (Fsp3) is 0.278. The zero-order valence-corrected chi connectivity index (χ0v) is 12.1. The van der Waals surface area contributed by atoms with Gasteiger partial charge in [0.2, 0.25) is 0 Å². The van der Waals surface area contributed by atoms with Gasteiger partial charge in [-0.05, 0) is 17.7 Å². The molecule has 2 atom stereocenters. The van der Waals surface area contributed by atoms with E-state index >= 15 is 0 Å². The van der Waals surface area contributed by atoms with E-state index < -0.39 is 5.97 Å². The van der Waals surface area contributed by atoms with Crippen molar-refractivity contribution in [2.45, 2.75) is 25.1 Å². The smallest absolute Gasteiger partial charge is 0.335 e. The number of carboxylic acid groups (broad SMARTS) is 1. The third-order valence-electron chi connectivity index (χ3n) is 4.51. The van der Waals surface area contributed by atoms with Crippen molar-refractivity contribution in [3.63, 3.8) is 0 Å². The van der Waals surface area contributed by atoms with Gasteiger partial charge in [0.15, 0.2) is 0 Å². The minimum absolute atomic E-state index is 0.158. The molecule has 4 heteroatoms. The lowest BCUT2D eigenvalue weighted by Gasteiger charge is -2.27. The molecule has 2 heterocycles. The van der Waals surface area contributed by atoms with Crippen LogP contribution in [0, 0.1) is 0 Å². The molecule has 2 aliphatic rings. The molecule has 0 aromatic heterocycles. The SMILES string of the molecule is O=C(O)c1ccc2c(c1)O[C@@H]1C[C@H]2N(Cc2ccccc2)C1. The highest BCUT2D eigenvalue weighted by atomic mass is 16.5. The van der Waals surface area contributed by atoms with Gasteiger partial charge >= 0.3 is 5.97 Å². The predicted octanol–water partition coefficient (Wildman–Crippen LogP) is 3.09. The van der Waals surface area contributed by atoms with Crippen molar-refractivity contribution in [1.29, 1.82) is 0 Å². The van der Waals surface area contributed by atoms with E-state index in [1.165, 1.54) is 5.56 Å². The van der Waals surface area contributed by atoms with E-state index in [-0.39, 0.29) is 11.7 Å². The van der Waals surface area contributed by atoms with Crippen LogP contribution >= 0.6 is 0 Å². The maximum atomic E-state index is 11.1. The van der Waals surface area contributed by atoms with Gasteiger partial charge in [0.1, 0.15) is 11.9 Å². The second-order valence-corrected chi connectivity index (χ2v) is 5.96. The Labute approximate surface area is 128 Å². The van der Waals surface area contributed by atoms with Crippen molar-refractivity contribution in [3.05, 3.63) is 65.2 Å². The number of aromatic carboxylic acids is 1. The van der Waals surface area contributed by atoms with E-state index in [0.29, 0.717) is 6.04 Å². The van der Waals surface area contributed by atoms with Gasteiger partial charge in [-0.15, -0.1) is 0 Å². The summed E-state index contributed by atoms with van der Waals surface area (Å²) in [7, 11) is 0. The summed E-state index contributed by atoms with van der Waals surface area (Å²) in [5.74, 6) is -0.179. The Balaban J connectivity index is 1.63. The predicted molar refractivity (Wildman–Crippen MR) is 82.0 cm³/mol. The first-order valence-corrected chi connectivity index (χ1v) is 7.52. The van der Waals surface area contributed by atoms with Gasteiger partial charge in [-0.3, -0.25) is 4.90 Å². The second kappa shape index (κ2) is 5.14. The summed E-state index contributed by atoms with van der Waals surface area (Å²) < 4.78 is 5.98. The summed E-state index contributed by atoms with van der Waals surface area (Å²) in [6.45, 7) is 1.78. The van der Waals surface area contributed by atoms with Crippen LogP contribution in [-0.2, 0) is 6.54 Å². The lowest BCUT2D eigenvalue weighted by atomic mass is 9.98. The van der Waals surface area contributed by atoms with E-state index in [1.54, 1.807) is 12.1 Å². The van der Waals surface area contributed by atoms with Gasteiger partial charge in [-0.1, -0.05) is 36.4 Å². The fourth-order valence-corrected chi connectivity index (χ4v) is 3.49. The molecular formula is C18H17NO3. The Hall–Kier alpha value is -2.33. The van der Waals surface area contributed by atoms with E-state index in [1.807, 2.05) is 12.1 Å². The molecule has 0 saturated carbocycles. The highest BCUT2D eigenvalue weighted by molar-refractivity contribution is 5.88. The highest BCUT2D eigenvalue weighted by Gasteiger charge is 2.40. The summed E-state index contributed by atoms with van der Waals surface area (Å²) in [5.41, 5.74) is 2.68. The number of hydrogen-bond acceptors (Lipinski definition) is 3. The third-order valence-corrected chi connectivity index (χ3v) is 4.51. The zero-order valence-electron chi connectivity index (χ0n) is 12.1. The molecule has 2 aromatic rings. The van der Waals surface area contributed by atoms with Crippen molar-refractivity contribution in [2.75, 3.05) is 6.54 Å². The third kappa shape index (κ3) is 2.25. The number of benzene rings is 2. The summed E-state index contributed by atoms with van der Waals surface area (Å²) in [5, 5.41) is 9.11. The van der Waals surface area contributed by atoms with Crippen LogP contribution in [0.3, 0.4) is 0 Å². The fourth-order valence-electron chi connectivity index (χ4n) is 3.49. The monoisotopic (exact) mass is 295 g/mol. The number of carboxylic acids is 1. The van der Waals surface area contributed by atoms with E-state index in [9.17, 15) is 4.79 Å². The van der Waals surface area contributed by atoms with Crippen LogP contribution in [0.5, 0.6) is 5.75 Å². The van der Waals surface area contributed by atoms with Crippen molar-refractivity contribution in [3.8, 4) is 5.75 Å². The Morgan fingerprint density at radius 1 is 1.23 bits per heavy atom. The Morgan fingerprint density at radius 2 is 2.05 bits per heavy atom. The van der Waals surface area contributed by atoms with Crippen LogP contribution in [0.25, 0.3) is 0 Å². The van der Waals surface area contributed by atoms with Crippen LogP contribution in [0.1, 0.15) is 33.9 Å². The van der Waals surface area contributed by atoms with Crippen LogP contribution in [0.4, 0.5) is 0 Å². The molecule has 1 saturated heterocycles. The second-order valence-electron chi connectivity index (χ2n) is 5.96. The van der Waals surface area contributed by atoms with E-state index in [4.69, 9.17) is 9.84 Å². The number of fused-ring (bicyclic) bond motifs is 4. The van der Waals surface area contributed by atoms with Crippen LogP contribution < -0.4 is 4.74 Å². The molecule has 22 heavy (non-hydrogen) atoms. The Bertz CT molecular complexity index is 714.